The molecular weight excluding hydrogens is 324 g/mol. The standard InChI is InChI=1S/C20H24N6/c1-2-16-5-3-4-6-17(16)14-25-9-10-26-19(15-25)11-18(24-26)12-23-20-13-21-7-8-22-20/h3-8,11,13H,2,9-10,12,14-15H2,1H3,(H,22,23). The molecule has 0 fully saturated rings. The summed E-state index contributed by atoms with van der Waals surface area (Å²) in [5, 5.41) is 7.99. The molecule has 1 aliphatic rings. The van der Waals surface area contributed by atoms with E-state index in [1.807, 2.05) is 0 Å². The van der Waals surface area contributed by atoms with Crippen molar-refractivity contribution in [1.82, 2.24) is 24.6 Å². The van der Waals surface area contributed by atoms with Crippen LogP contribution in [0.1, 0.15) is 29.4 Å². The lowest BCUT2D eigenvalue weighted by molar-refractivity contribution is 0.204. The van der Waals surface area contributed by atoms with Crippen molar-refractivity contribution in [2.45, 2.75) is 39.5 Å². The van der Waals surface area contributed by atoms with Crippen LogP contribution in [0, 0.1) is 0 Å². The van der Waals surface area contributed by atoms with Gasteiger partial charge >= 0.3 is 0 Å². The Hall–Kier alpha value is -2.73. The molecule has 6 nitrogen and oxygen atoms in total. The topological polar surface area (TPSA) is 58.9 Å². The molecule has 6 heteroatoms. The van der Waals surface area contributed by atoms with Crippen LogP contribution in [-0.4, -0.2) is 31.2 Å². The Kier molecular flexibility index (Phi) is 4.93. The molecule has 0 bridgehead atoms. The van der Waals surface area contributed by atoms with Gasteiger partial charge in [-0.25, -0.2) is 4.98 Å². The van der Waals surface area contributed by atoms with Crippen LogP contribution in [0.3, 0.4) is 0 Å². The maximum absolute atomic E-state index is 4.72. The fourth-order valence-electron chi connectivity index (χ4n) is 3.47. The minimum absolute atomic E-state index is 0.664. The molecule has 1 aliphatic heterocycles. The maximum Gasteiger partial charge on any atom is 0.144 e. The van der Waals surface area contributed by atoms with Crippen LogP contribution in [0.15, 0.2) is 48.9 Å². The smallest absolute Gasteiger partial charge is 0.144 e. The molecule has 1 aromatic carbocycles. The van der Waals surface area contributed by atoms with Crippen LogP contribution in [0.4, 0.5) is 5.82 Å². The van der Waals surface area contributed by atoms with Crippen molar-refractivity contribution in [2.75, 3.05) is 11.9 Å². The number of anilines is 1. The van der Waals surface area contributed by atoms with Gasteiger partial charge in [0.1, 0.15) is 5.82 Å². The van der Waals surface area contributed by atoms with Gasteiger partial charge in [0.25, 0.3) is 0 Å². The molecule has 2 aromatic heterocycles. The number of fused-ring (bicyclic) bond motifs is 1. The van der Waals surface area contributed by atoms with Gasteiger partial charge < -0.3 is 5.32 Å². The monoisotopic (exact) mass is 348 g/mol. The van der Waals surface area contributed by atoms with Crippen molar-refractivity contribution in [3.63, 3.8) is 0 Å². The molecule has 0 atom stereocenters. The average Bonchev–Trinajstić information content (AvgIpc) is 3.10. The summed E-state index contributed by atoms with van der Waals surface area (Å²) in [6.07, 6.45) is 6.17. The predicted octanol–water partition coefficient (Wildman–Crippen LogP) is 2.86. The highest BCUT2D eigenvalue weighted by molar-refractivity contribution is 5.31. The normalized spacial score (nSPS) is 14.2. The van der Waals surface area contributed by atoms with Crippen LogP contribution in [0.2, 0.25) is 0 Å². The second kappa shape index (κ2) is 7.66. The van der Waals surface area contributed by atoms with Gasteiger partial charge in [-0.15, -0.1) is 0 Å². The summed E-state index contributed by atoms with van der Waals surface area (Å²) in [7, 11) is 0. The maximum atomic E-state index is 4.72. The van der Waals surface area contributed by atoms with E-state index in [2.05, 4.69) is 62.1 Å². The van der Waals surface area contributed by atoms with E-state index in [1.165, 1.54) is 16.8 Å². The molecule has 1 N–H and O–H groups in total. The number of nitrogens with zero attached hydrogens (tertiary/aromatic N) is 5. The molecule has 4 rings (SSSR count). The third-order valence-electron chi connectivity index (χ3n) is 4.83. The van der Waals surface area contributed by atoms with Gasteiger partial charge in [-0.05, 0) is 23.6 Å². The first-order valence-electron chi connectivity index (χ1n) is 9.16. The van der Waals surface area contributed by atoms with Crippen LogP contribution in [-0.2, 0) is 32.6 Å². The fraction of sp³-hybridized carbons (Fsp3) is 0.350. The third-order valence-corrected chi connectivity index (χ3v) is 4.83. The van der Waals surface area contributed by atoms with Crippen molar-refractivity contribution < 1.29 is 0 Å². The molecule has 0 saturated heterocycles. The lowest BCUT2D eigenvalue weighted by Gasteiger charge is -2.28. The van der Waals surface area contributed by atoms with Gasteiger partial charge in [0, 0.05) is 32.0 Å². The van der Waals surface area contributed by atoms with E-state index in [4.69, 9.17) is 5.10 Å². The lowest BCUT2D eigenvalue weighted by atomic mass is 10.0. The fourth-order valence-corrected chi connectivity index (χ4v) is 3.47. The van der Waals surface area contributed by atoms with E-state index in [9.17, 15) is 0 Å². The molecule has 134 valence electrons. The van der Waals surface area contributed by atoms with Crippen molar-refractivity contribution in [3.8, 4) is 0 Å². The summed E-state index contributed by atoms with van der Waals surface area (Å²) in [5.41, 5.74) is 5.20. The average molecular weight is 348 g/mol. The highest BCUT2D eigenvalue weighted by Gasteiger charge is 2.19. The SMILES string of the molecule is CCc1ccccc1CN1CCn2nc(CNc3cnccn3)cc2C1. The zero-order chi connectivity index (χ0) is 17.8. The van der Waals surface area contributed by atoms with Crippen molar-refractivity contribution in [2.24, 2.45) is 0 Å². The molecule has 0 unspecified atom stereocenters. The first kappa shape index (κ1) is 16.7. The van der Waals surface area contributed by atoms with Gasteiger partial charge in [-0.1, -0.05) is 31.2 Å². The van der Waals surface area contributed by atoms with Gasteiger partial charge in [-0.3, -0.25) is 14.6 Å². The Morgan fingerprint density at radius 1 is 1.12 bits per heavy atom. The summed E-state index contributed by atoms with van der Waals surface area (Å²) >= 11 is 0. The zero-order valence-electron chi connectivity index (χ0n) is 15.1. The molecule has 0 radical (unpaired) electrons. The third kappa shape index (κ3) is 3.75. The molecular formula is C20H24N6. The second-order valence-electron chi connectivity index (χ2n) is 6.63. The van der Waals surface area contributed by atoms with Crippen LogP contribution < -0.4 is 5.32 Å². The summed E-state index contributed by atoms with van der Waals surface area (Å²) in [4.78, 5) is 10.8. The van der Waals surface area contributed by atoms with E-state index >= 15 is 0 Å². The van der Waals surface area contributed by atoms with Gasteiger partial charge in [0.2, 0.25) is 0 Å². The van der Waals surface area contributed by atoms with Crippen molar-refractivity contribution >= 4 is 5.82 Å². The summed E-state index contributed by atoms with van der Waals surface area (Å²) < 4.78 is 2.13. The van der Waals surface area contributed by atoms with E-state index in [1.54, 1.807) is 18.6 Å². The largest absolute Gasteiger partial charge is 0.363 e. The van der Waals surface area contributed by atoms with Gasteiger partial charge in [0.05, 0.1) is 30.7 Å². The number of benzene rings is 1. The van der Waals surface area contributed by atoms with Crippen LogP contribution >= 0.6 is 0 Å². The predicted molar refractivity (Wildman–Crippen MR) is 102 cm³/mol. The number of hydrogen-bond donors (Lipinski definition) is 1. The number of aromatic nitrogens is 4. The molecule has 26 heavy (non-hydrogen) atoms. The highest BCUT2D eigenvalue weighted by atomic mass is 15.3. The number of aryl methyl sites for hydroxylation is 1. The number of rotatable bonds is 6. The van der Waals surface area contributed by atoms with Crippen LogP contribution in [0.25, 0.3) is 0 Å². The zero-order valence-corrected chi connectivity index (χ0v) is 15.1. The first-order valence-corrected chi connectivity index (χ1v) is 9.16. The summed E-state index contributed by atoms with van der Waals surface area (Å²) in [5.74, 6) is 0.774. The molecule has 0 spiro atoms. The Bertz CT molecular complexity index is 858. The first-order chi connectivity index (χ1) is 12.8. The Balaban J connectivity index is 1.40. The van der Waals surface area contributed by atoms with Crippen molar-refractivity contribution in [1.29, 1.82) is 0 Å². The Morgan fingerprint density at radius 2 is 2.00 bits per heavy atom. The molecule has 0 saturated carbocycles. The van der Waals surface area contributed by atoms with E-state index in [0.29, 0.717) is 6.54 Å². The quantitative estimate of drug-likeness (QED) is 0.742. The number of hydrogen-bond acceptors (Lipinski definition) is 5. The van der Waals surface area contributed by atoms with Crippen molar-refractivity contribution in [3.05, 3.63) is 71.4 Å². The van der Waals surface area contributed by atoms with Crippen LogP contribution in [0.5, 0.6) is 0 Å². The number of nitrogens with one attached hydrogen (secondary N) is 1. The van der Waals surface area contributed by atoms with E-state index in [-0.39, 0.29) is 0 Å². The summed E-state index contributed by atoms with van der Waals surface area (Å²) in [6, 6.07) is 10.9. The van der Waals surface area contributed by atoms with E-state index in [0.717, 1.165) is 44.1 Å². The molecule has 3 heterocycles. The highest BCUT2D eigenvalue weighted by Crippen LogP contribution is 2.19. The van der Waals surface area contributed by atoms with Gasteiger partial charge in [-0.2, -0.15) is 5.10 Å². The minimum Gasteiger partial charge on any atom is -0.363 e. The Labute approximate surface area is 153 Å². The summed E-state index contributed by atoms with van der Waals surface area (Å²) in [6.45, 7) is 6.80. The lowest BCUT2D eigenvalue weighted by Crippen LogP contribution is -2.33. The minimum atomic E-state index is 0.664. The molecule has 3 aromatic rings. The molecule has 0 amide bonds. The van der Waals surface area contributed by atoms with Gasteiger partial charge in [0.15, 0.2) is 0 Å². The molecule has 0 aliphatic carbocycles. The Morgan fingerprint density at radius 3 is 2.81 bits per heavy atom. The second-order valence-corrected chi connectivity index (χ2v) is 6.63. The van der Waals surface area contributed by atoms with E-state index < -0.39 is 0 Å².